The largest absolute Gasteiger partial charge is 0.458 e. The van der Waals surface area contributed by atoms with Gasteiger partial charge in [0, 0.05) is 23.0 Å². The van der Waals surface area contributed by atoms with Crippen LogP contribution in [-0.4, -0.2) is 14.8 Å². The molecule has 3 aliphatic heterocycles. The van der Waals surface area contributed by atoms with E-state index in [-0.39, 0.29) is 12.6 Å². The van der Waals surface area contributed by atoms with Crippen LogP contribution in [-0.2, 0) is 0 Å². The number of anilines is 3. The lowest BCUT2D eigenvalue weighted by Gasteiger charge is -2.47. The van der Waals surface area contributed by atoms with Gasteiger partial charge in [0.15, 0.2) is 8.07 Å². The Hall–Kier alpha value is -5.58. The van der Waals surface area contributed by atoms with Gasteiger partial charge in [-0.3, -0.25) is 0 Å². The van der Waals surface area contributed by atoms with E-state index in [2.05, 4.69) is 197 Å². The van der Waals surface area contributed by atoms with E-state index in [0.717, 1.165) is 11.5 Å². The van der Waals surface area contributed by atoms with Crippen molar-refractivity contribution in [3.05, 3.63) is 180 Å². The molecular formula is C50H44BNOSi. The molecule has 7 aromatic carbocycles. The molecule has 0 saturated carbocycles. The van der Waals surface area contributed by atoms with Gasteiger partial charge in [0.25, 0.3) is 6.71 Å². The SMILES string of the molecule is CC(C)c1cc(C(C)C)c2c(c1)C(C)c1ccc3c(c1)N(c1ccccc1[Si]3(c1ccccc1)c1ccccc1)c1cccc3c1B2c1ccccc1O3. The van der Waals surface area contributed by atoms with Crippen LogP contribution < -0.4 is 46.8 Å². The highest BCUT2D eigenvalue weighted by Crippen LogP contribution is 2.43. The summed E-state index contributed by atoms with van der Waals surface area (Å²) in [6.45, 7) is 11.8. The van der Waals surface area contributed by atoms with Crippen LogP contribution >= 0.6 is 0 Å². The molecule has 0 aliphatic carbocycles. The quantitative estimate of drug-likeness (QED) is 0.171. The first-order valence-electron chi connectivity index (χ1n) is 19.6. The Morgan fingerprint density at radius 3 is 1.91 bits per heavy atom. The van der Waals surface area contributed by atoms with Crippen molar-refractivity contribution >= 4 is 69.0 Å². The summed E-state index contributed by atoms with van der Waals surface area (Å²) in [6.07, 6.45) is 0. The summed E-state index contributed by atoms with van der Waals surface area (Å²) >= 11 is 0. The summed E-state index contributed by atoms with van der Waals surface area (Å²) in [6, 6.07) is 60.0. The molecule has 0 saturated heterocycles. The standard InChI is InChI=1S/C50H44BNOSi/c1-32(2)36-29-39(33(3)4)49-40(30-36)34(5)35-27-28-48-44(31-35)52(43-23-16-25-46-50(43)51(49)41-21-12-14-24-45(41)53-46)42-22-13-15-26-47(42)54(48,37-17-8-6-9-18-37)38-19-10-7-11-20-38/h6-34H,1-5H3. The Morgan fingerprint density at radius 2 is 1.19 bits per heavy atom. The fourth-order valence-corrected chi connectivity index (χ4v) is 15.0. The minimum atomic E-state index is -2.79. The van der Waals surface area contributed by atoms with E-state index in [1.54, 1.807) is 0 Å². The highest BCUT2D eigenvalue weighted by molar-refractivity contribution is 7.21. The van der Waals surface area contributed by atoms with Gasteiger partial charge in [0.2, 0.25) is 0 Å². The molecule has 0 fully saturated rings. The predicted molar refractivity (Wildman–Crippen MR) is 232 cm³/mol. The molecule has 2 nitrogen and oxygen atoms in total. The minimum absolute atomic E-state index is 0.0102. The Bertz CT molecular complexity index is 2540. The second-order valence-electron chi connectivity index (χ2n) is 16.0. The molecule has 10 rings (SSSR count). The van der Waals surface area contributed by atoms with Crippen molar-refractivity contribution in [3.8, 4) is 11.5 Å². The number of benzene rings is 7. The van der Waals surface area contributed by atoms with Crippen molar-refractivity contribution in [2.45, 2.75) is 52.4 Å². The smallest absolute Gasteiger partial charge is 0.254 e. The van der Waals surface area contributed by atoms with Crippen molar-refractivity contribution < 1.29 is 4.74 Å². The third-order valence-corrected chi connectivity index (χ3v) is 17.3. The molecule has 7 aromatic rings. The molecule has 4 heteroatoms. The van der Waals surface area contributed by atoms with Crippen molar-refractivity contribution in [3.63, 3.8) is 0 Å². The van der Waals surface area contributed by atoms with Gasteiger partial charge in [-0.15, -0.1) is 0 Å². The van der Waals surface area contributed by atoms with Gasteiger partial charge in [-0.25, -0.2) is 0 Å². The van der Waals surface area contributed by atoms with Gasteiger partial charge in [-0.05, 0) is 96.1 Å². The van der Waals surface area contributed by atoms with E-state index in [4.69, 9.17) is 4.74 Å². The second kappa shape index (κ2) is 12.5. The number of hydrogen-bond acceptors (Lipinski definition) is 2. The van der Waals surface area contributed by atoms with E-state index < -0.39 is 8.07 Å². The number of para-hydroxylation sites is 2. The van der Waals surface area contributed by atoms with Crippen LogP contribution in [0.5, 0.6) is 11.5 Å². The number of rotatable bonds is 4. The van der Waals surface area contributed by atoms with Crippen molar-refractivity contribution in [1.29, 1.82) is 0 Å². The monoisotopic (exact) mass is 713 g/mol. The first-order valence-corrected chi connectivity index (χ1v) is 21.6. The van der Waals surface area contributed by atoms with Gasteiger partial charge >= 0.3 is 0 Å². The maximum Gasteiger partial charge on any atom is 0.254 e. The second-order valence-corrected chi connectivity index (χ2v) is 19.7. The molecule has 0 radical (unpaired) electrons. The van der Waals surface area contributed by atoms with E-state index in [1.807, 2.05) is 0 Å². The highest BCUT2D eigenvalue weighted by atomic mass is 28.3. The fourth-order valence-electron chi connectivity index (χ4n) is 9.90. The van der Waals surface area contributed by atoms with Crippen molar-refractivity contribution in [2.75, 3.05) is 4.90 Å². The van der Waals surface area contributed by atoms with Crippen molar-refractivity contribution in [1.82, 2.24) is 0 Å². The molecule has 0 N–H and O–H groups in total. The van der Waals surface area contributed by atoms with Crippen LogP contribution in [0, 0.1) is 0 Å². The number of ether oxygens (including phenoxy) is 1. The van der Waals surface area contributed by atoms with Gasteiger partial charge in [-0.1, -0.05) is 167 Å². The third-order valence-electron chi connectivity index (χ3n) is 12.5. The van der Waals surface area contributed by atoms with E-state index >= 15 is 0 Å². The van der Waals surface area contributed by atoms with Gasteiger partial charge in [0.05, 0.1) is 0 Å². The summed E-state index contributed by atoms with van der Waals surface area (Å²) in [5.41, 5.74) is 13.2. The maximum absolute atomic E-state index is 6.94. The molecular weight excluding hydrogens is 669 g/mol. The van der Waals surface area contributed by atoms with Crippen LogP contribution in [0.15, 0.2) is 158 Å². The maximum atomic E-state index is 6.94. The summed E-state index contributed by atoms with van der Waals surface area (Å²) in [4.78, 5) is 2.60. The highest BCUT2D eigenvalue weighted by Gasteiger charge is 2.50. The van der Waals surface area contributed by atoms with Crippen LogP contribution in [0.3, 0.4) is 0 Å². The molecule has 3 aliphatic rings. The predicted octanol–water partition coefficient (Wildman–Crippen LogP) is 8.18. The number of fused-ring (bicyclic) bond motifs is 8. The topological polar surface area (TPSA) is 12.5 Å². The van der Waals surface area contributed by atoms with Gasteiger partial charge in [0.1, 0.15) is 11.5 Å². The van der Waals surface area contributed by atoms with Gasteiger partial charge in [-0.2, -0.15) is 0 Å². The summed E-state index contributed by atoms with van der Waals surface area (Å²) in [7, 11) is -2.79. The van der Waals surface area contributed by atoms with Crippen LogP contribution in [0.2, 0.25) is 0 Å². The molecule has 0 aromatic heterocycles. The lowest BCUT2D eigenvalue weighted by molar-refractivity contribution is 0.487. The molecule has 54 heavy (non-hydrogen) atoms. The first kappa shape index (κ1) is 33.0. The Labute approximate surface area is 321 Å². The molecule has 2 bridgehead atoms. The zero-order valence-corrected chi connectivity index (χ0v) is 32.7. The molecule has 262 valence electrons. The van der Waals surface area contributed by atoms with Crippen LogP contribution in [0.4, 0.5) is 17.1 Å². The normalized spacial score (nSPS) is 15.9. The Kier molecular flexibility index (Phi) is 7.64. The van der Waals surface area contributed by atoms with E-state index in [0.29, 0.717) is 11.8 Å². The average Bonchev–Trinajstić information content (AvgIpc) is 3.21. The zero-order chi connectivity index (χ0) is 36.7. The first-order chi connectivity index (χ1) is 26.4. The average molecular weight is 714 g/mol. The van der Waals surface area contributed by atoms with E-state index in [1.165, 1.54) is 76.5 Å². The zero-order valence-electron chi connectivity index (χ0n) is 31.7. The summed E-state index contributed by atoms with van der Waals surface area (Å²) in [5.74, 6) is 2.81. The number of nitrogens with zero attached hydrogens (tertiary/aromatic N) is 1. The molecule has 0 spiro atoms. The molecule has 0 amide bonds. The van der Waals surface area contributed by atoms with E-state index in [9.17, 15) is 0 Å². The van der Waals surface area contributed by atoms with Crippen LogP contribution in [0.25, 0.3) is 0 Å². The lowest BCUT2D eigenvalue weighted by Crippen LogP contribution is -2.77. The molecule has 3 heterocycles. The van der Waals surface area contributed by atoms with Crippen molar-refractivity contribution in [2.24, 2.45) is 0 Å². The third kappa shape index (κ3) is 4.66. The summed E-state index contributed by atoms with van der Waals surface area (Å²) < 4.78 is 6.94. The Morgan fingerprint density at radius 1 is 0.556 bits per heavy atom. The summed E-state index contributed by atoms with van der Waals surface area (Å²) in [5, 5.41) is 5.62. The fraction of sp³-hybridized carbons (Fsp3) is 0.160. The van der Waals surface area contributed by atoms with Crippen LogP contribution in [0.1, 0.15) is 74.6 Å². The number of hydrogen-bond donors (Lipinski definition) is 0. The minimum Gasteiger partial charge on any atom is -0.458 e. The lowest BCUT2D eigenvalue weighted by atomic mass is 9.33. The molecule has 1 atom stereocenters. The van der Waals surface area contributed by atoms with Gasteiger partial charge < -0.3 is 9.64 Å². The molecule has 1 unspecified atom stereocenters. The Balaban J connectivity index is 1.39.